The van der Waals surface area contributed by atoms with E-state index >= 15 is 0 Å². The maximum atomic E-state index is 11.8. The molecule has 2 N–H and O–H groups in total. The lowest BCUT2D eigenvalue weighted by Crippen LogP contribution is -2.32. The van der Waals surface area contributed by atoms with Crippen molar-refractivity contribution in [2.24, 2.45) is 0 Å². The molecule has 1 rings (SSSR count). The molecule has 26 heavy (non-hydrogen) atoms. The minimum absolute atomic E-state index is 0.0918. The first kappa shape index (κ1) is 22.4. The molecule has 0 aromatic rings. The highest BCUT2D eigenvalue weighted by atomic mass is 16.3. The zero-order valence-electron chi connectivity index (χ0n) is 16.1. The Bertz CT molecular complexity index is 528. The van der Waals surface area contributed by atoms with E-state index in [2.05, 4.69) is 6.92 Å². The number of Topliss-reactive ketones (excluding diaryl/α,β-unsaturated/α-hetero) is 2. The molecule has 0 aliphatic heterocycles. The third-order valence-corrected chi connectivity index (χ3v) is 4.70. The van der Waals surface area contributed by atoms with Crippen LogP contribution in [-0.4, -0.2) is 27.9 Å². The van der Waals surface area contributed by atoms with Crippen molar-refractivity contribution in [3.63, 3.8) is 0 Å². The molecule has 0 radical (unpaired) electrons. The quantitative estimate of drug-likeness (QED) is 0.166. The average Bonchev–Trinajstić information content (AvgIpc) is 2.62. The van der Waals surface area contributed by atoms with Crippen molar-refractivity contribution in [2.75, 3.05) is 0 Å². The number of unbranched alkanes of at least 4 members (excludes halogenated alkanes) is 9. The van der Waals surface area contributed by atoms with Gasteiger partial charge >= 0.3 is 0 Å². The van der Waals surface area contributed by atoms with E-state index in [9.17, 15) is 19.8 Å². The van der Waals surface area contributed by atoms with E-state index in [0.29, 0.717) is 0 Å². The van der Waals surface area contributed by atoms with Crippen LogP contribution in [0.3, 0.4) is 0 Å². The fourth-order valence-electron chi connectivity index (χ4n) is 3.07. The fourth-order valence-corrected chi connectivity index (χ4v) is 3.07. The van der Waals surface area contributed by atoms with Crippen molar-refractivity contribution >= 4 is 11.6 Å². The highest BCUT2D eigenvalue weighted by molar-refractivity contribution is 6.23. The Labute approximate surface area is 157 Å². The molecule has 4 heteroatoms. The number of aliphatic hydroxyl groups excluding tert-OH is 2. The van der Waals surface area contributed by atoms with Crippen LogP contribution < -0.4 is 0 Å². The molecule has 0 aromatic carbocycles. The SMILES string of the molecule is CCCCCCCCCCCC=CC=C/C(O)=C1/C(=O)CCC(O)C1=O. The summed E-state index contributed by atoms with van der Waals surface area (Å²) in [6.45, 7) is 2.24. The van der Waals surface area contributed by atoms with Gasteiger partial charge in [0.25, 0.3) is 0 Å². The van der Waals surface area contributed by atoms with Gasteiger partial charge in [-0.05, 0) is 25.3 Å². The summed E-state index contributed by atoms with van der Waals surface area (Å²) in [5.41, 5.74) is -0.271. The van der Waals surface area contributed by atoms with Gasteiger partial charge in [0.15, 0.2) is 11.6 Å². The molecule has 0 aromatic heterocycles. The molecule has 1 aliphatic rings. The van der Waals surface area contributed by atoms with Crippen molar-refractivity contribution in [3.8, 4) is 0 Å². The minimum atomic E-state index is -1.18. The van der Waals surface area contributed by atoms with Gasteiger partial charge in [0.1, 0.15) is 17.4 Å². The molecular weight excluding hydrogens is 328 g/mol. The topological polar surface area (TPSA) is 74.6 Å². The Balaban J connectivity index is 2.20. The second kappa shape index (κ2) is 13.5. The first-order valence-corrected chi connectivity index (χ1v) is 10.1. The average molecular weight is 363 g/mol. The molecule has 1 saturated carbocycles. The maximum Gasteiger partial charge on any atom is 0.198 e. The summed E-state index contributed by atoms with van der Waals surface area (Å²) < 4.78 is 0. The summed E-state index contributed by atoms with van der Waals surface area (Å²) in [6, 6.07) is 0. The molecule has 0 amide bonds. The molecule has 0 bridgehead atoms. The van der Waals surface area contributed by atoms with E-state index in [1.807, 2.05) is 12.2 Å². The highest BCUT2D eigenvalue weighted by Crippen LogP contribution is 2.20. The van der Waals surface area contributed by atoms with Gasteiger partial charge in [0, 0.05) is 6.42 Å². The van der Waals surface area contributed by atoms with Crippen LogP contribution in [0.15, 0.2) is 35.6 Å². The number of allylic oxidation sites excluding steroid dienone is 4. The Morgan fingerprint density at radius 1 is 1.00 bits per heavy atom. The third-order valence-electron chi connectivity index (χ3n) is 4.70. The van der Waals surface area contributed by atoms with Crippen molar-refractivity contribution in [2.45, 2.75) is 90.1 Å². The molecule has 0 heterocycles. The van der Waals surface area contributed by atoms with Gasteiger partial charge in [0.2, 0.25) is 0 Å². The Hall–Kier alpha value is -1.68. The Kier molecular flexibility index (Phi) is 11.6. The van der Waals surface area contributed by atoms with E-state index < -0.39 is 17.7 Å². The summed E-state index contributed by atoms with van der Waals surface area (Å²) in [4.78, 5) is 23.5. The van der Waals surface area contributed by atoms with Gasteiger partial charge in [-0.15, -0.1) is 0 Å². The van der Waals surface area contributed by atoms with Gasteiger partial charge in [-0.2, -0.15) is 0 Å². The first-order chi connectivity index (χ1) is 12.6. The summed E-state index contributed by atoms with van der Waals surface area (Å²) in [7, 11) is 0. The van der Waals surface area contributed by atoms with Crippen LogP contribution in [0.5, 0.6) is 0 Å². The predicted octanol–water partition coefficient (Wildman–Crippen LogP) is 5.12. The van der Waals surface area contributed by atoms with Crippen LogP contribution in [-0.2, 0) is 9.59 Å². The molecule has 1 atom stereocenters. The predicted molar refractivity (Wildman–Crippen MR) is 105 cm³/mol. The normalized spacial score (nSPS) is 20.5. The van der Waals surface area contributed by atoms with Crippen LogP contribution >= 0.6 is 0 Å². The number of ketones is 2. The Morgan fingerprint density at radius 3 is 2.27 bits per heavy atom. The van der Waals surface area contributed by atoms with Crippen LogP contribution in [0.25, 0.3) is 0 Å². The van der Waals surface area contributed by atoms with E-state index in [4.69, 9.17) is 0 Å². The van der Waals surface area contributed by atoms with E-state index in [0.717, 1.165) is 12.8 Å². The van der Waals surface area contributed by atoms with Gasteiger partial charge in [0.05, 0.1) is 0 Å². The molecule has 146 valence electrons. The molecule has 0 saturated heterocycles. The standard InChI is InChI=1S/C22H34O4/c1-2-3-4-5-6-7-8-9-10-11-12-13-14-15-18(23)21-19(24)16-17-20(25)22(21)26/h12-15,20,23,25H,2-11,16-17H2,1H3/b13-12?,15-14?,21-18+. The number of rotatable bonds is 12. The van der Waals surface area contributed by atoms with Gasteiger partial charge < -0.3 is 10.2 Å². The van der Waals surface area contributed by atoms with Crippen LogP contribution in [0, 0.1) is 0 Å². The van der Waals surface area contributed by atoms with Crippen molar-refractivity contribution in [1.82, 2.24) is 0 Å². The summed E-state index contributed by atoms with van der Waals surface area (Å²) in [6.07, 6.45) is 18.5. The molecule has 0 spiro atoms. The lowest BCUT2D eigenvalue weighted by atomic mass is 9.89. The van der Waals surface area contributed by atoms with Gasteiger partial charge in [-0.1, -0.05) is 76.5 Å². The van der Waals surface area contributed by atoms with Crippen LogP contribution in [0.2, 0.25) is 0 Å². The maximum absolute atomic E-state index is 11.8. The number of hydrogen-bond donors (Lipinski definition) is 2. The summed E-state index contributed by atoms with van der Waals surface area (Å²) in [5, 5.41) is 19.4. The number of carbonyl (C=O) groups is 2. The largest absolute Gasteiger partial charge is 0.507 e. The lowest BCUT2D eigenvalue weighted by Gasteiger charge is -2.17. The van der Waals surface area contributed by atoms with E-state index in [1.165, 1.54) is 57.4 Å². The zero-order chi connectivity index (χ0) is 19.2. The van der Waals surface area contributed by atoms with Crippen molar-refractivity contribution in [3.05, 3.63) is 35.6 Å². The van der Waals surface area contributed by atoms with E-state index in [1.54, 1.807) is 6.08 Å². The minimum Gasteiger partial charge on any atom is -0.507 e. The summed E-state index contributed by atoms with van der Waals surface area (Å²) >= 11 is 0. The molecule has 1 fully saturated rings. The van der Waals surface area contributed by atoms with Crippen molar-refractivity contribution < 1.29 is 19.8 Å². The smallest absolute Gasteiger partial charge is 0.198 e. The zero-order valence-corrected chi connectivity index (χ0v) is 16.1. The number of carbonyl (C=O) groups excluding carboxylic acids is 2. The van der Waals surface area contributed by atoms with Gasteiger partial charge in [-0.25, -0.2) is 0 Å². The second-order valence-corrected chi connectivity index (χ2v) is 7.01. The Morgan fingerprint density at radius 2 is 1.62 bits per heavy atom. The fraction of sp³-hybridized carbons (Fsp3) is 0.636. The van der Waals surface area contributed by atoms with E-state index in [-0.39, 0.29) is 24.2 Å². The third kappa shape index (κ3) is 8.61. The first-order valence-electron chi connectivity index (χ1n) is 10.1. The lowest BCUT2D eigenvalue weighted by molar-refractivity contribution is -0.130. The second-order valence-electron chi connectivity index (χ2n) is 7.01. The monoisotopic (exact) mass is 362 g/mol. The number of aliphatic hydroxyl groups is 2. The summed E-state index contributed by atoms with van der Waals surface area (Å²) in [5.74, 6) is -1.44. The highest BCUT2D eigenvalue weighted by Gasteiger charge is 2.32. The molecule has 4 nitrogen and oxygen atoms in total. The van der Waals surface area contributed by atoms with Crippen molar-refractivity contribution in [1.29, 1.82) is 0 Å². The van der Waals surface area contributed by atoms with Gasteiger partial charge in [-0.3, -0.25) is 9.59 Å². The molecule has 1 unspecified atom stereocenters. The van der Waals surface area contributed by atoms with Crippen LogP contribution in [0.4, 0.5) is 0 Å². The molecular formula is C22H34O4. The van der Waals surface area contributed by atoms with Crippen LogP contribution in [0.1, 0.15) is 84.0 Å². The molecule has 1 aliphatic carbocycles. The number of hydrogen-bond acceptors (Lipinski definition) is 4.